The van der Waals surface area contributed by atoms with Crippen molar-refractivity contribution in [1.82, 2.24) is 0 Å². The van der Waals surface area contributed by atoms with Crippen molar-refractivity contribution in [3.8, 4) is 0 Å². The number of methoxy groups -OCH3 is 1. The summed E-state index contributed by atoms with van der Waals surface area (Å²) in [6.45, 7) is 4.81. The van der Waals surface area contributed by atoms with E-state index in [0.29, 0.717) is 0 Å². The Morgan fingerprint density at radius 2 is 2.21 bits per heavy atom. The molecule has 14 heavy (non-hydrogen) atoms. The average molecular weight is 214 g/mol. The maximum absolute atomic E-state index is 5.99. The molecule has 78 valence electrons. The van der Waals surface area contributed by atoms with Crippen molar-refractivity contribution < 1.29 is 4.74 Å². The summed E-state index contributed by atoms with van der Waals surface area (Å²) >= 11 is 5.99. The van der Waals surface area contributed by atoms with E-state index in [1.807, 2.05) is 32.0 Å². The van der Waals surface area contributed by atoms with Crippen LogP contribution in [0.25, 0.3) is 0 Å². The molecular formula is C11H16ClNO. The van der Waals surface area contributed by atoms with Gasteiger partial charge in [-0.05, 0) is 31.5 Å². The molecule has 1 aromatic rings. The van der Waals surface area contributed by atoms with Crippen molar-refractivity contribution in [1.29, 1.82) is 0 Å². The zero-order chi connectivity index (χ0) is 10.6. The zero-order valence-corrected chi connectivity index (χ0v) is 9.56. The number of ether oxygens (including phenoxy) is 1. The fourth-order valence-corrected chi connectivity index (χ4v) is 1.31. The van der Waals surface area contributed by atoms with Crippen LogP contribution in [0.2, 0.25) is 5.02 Å². The van der Waals surface area contributed by atoms with Crippen LogP contribution >= 0.6 is 11.6 Å². The second-order valence-corrected chi connectivity index (χ2v) is 3.75. The summed E-state index contributed by atoms with van der Waals surface area (Å²) in [5.74, 6) is 0. The first-order valence-corrected chi connectivity index (χ1v) is 5.04. The molecule has 0 saturated carbocycles. The van der Waals surface area contributed by atoms with Crippen LogP contribution in [-0.4, -0.2) is 19.8 Å². The second-order valence-electron chi connectivity index (χ2n) is 3.34. The molecule has 0 heterocycles. The molecule has 0 bridgehead atoms. The summed E-state index contributed by atoms with van der Waals surface area (Å²) in [6, 6.07) is 5.85. The first-order valence-electron chi connectivity index (χ1n) is 4.67. The standard InChI is InChI=1S/C11H16ClNO/c1-8(14-3)7-13-11-6-4-5-10(12)9(11)2/h4-6,8,13H,7H2,1-3H3. The Kier molecular flexibility index (Phi) is 4.23. The van der Waals surface area contributed by atoms with Crippen LogP contribution in [-0.2, 0) is 4.74 Å². The minimum atomic E-state index is 0.202. The number of anilines is 1. The number of nitrogens with one attached hydrogen (secondary N) is 1. The van der Waals surface area contributed by atoms with Crippen molar-refractivity contribution >= 4 is 17.3 Å². The van der Waals surface area contributed by atoms with Gasteiger partial charge in [-0.25, -0.2) is 0 Å². The maximum Gasteiger partial charge on any atom is 0.0715 e. The highest BCUT2D eigenvalue weighted by molar-refractivity contribution is 6.31. The molecule has 1 atom stereocenters. The molecule has 1 unspecified atom stereocenters. The molecule has 0 spiro atoms. The third-order valence-corrected chi connectivity index (χ3v) is 2.66. The van der Waals surface area contributed by atoms with Crippen LogP contribution < -0.4 is 5.32 Å². The SMILES string of the molecule is COC(C)CNc1cccc(Cl)c1C. The minimum Gasteiger partial charge on any atom is -0.382 e. The van der Waals surface area contributed by atoms with E-state index >= 15 is 0 Å². The van der Waals surface area contributed by atoms with Crippen LogP contribution in [0.4, 0.5) is 5.69 Å². The molecule has 1 rings (SSSR count). The van der Waals surface area contributed by atoms with Gasteiger partial charge in [-0.1, -0.05) is 17.7 Å². The monoisotopic (exact) mass is 213 g/mol. The number of hydrogen-bond donors (Lipinski definition) is 1. The van der Waals surface area contributed by atoms with Gasteiger partial charge in [-0.2, -0.15) is 0 Å². The Bertz CT molecular complexity index is 301. The summed E-state index contributed by atoms with van der Waals surface area (Å²) in [5, 5.41) is 4.09. The van der Waals surface area contributed by atoms with Crippen molar-refractivity contribution in [2.45, 2.75) is 20.0 Å². The van der Waals surface area contributed by atoms with Crippen LogP contribution in [0, 0.1) is 6.92 Å². The lowest BCUT2D eigenvalue weighted by atomic mass is 10.2. The van der Waals surface area contributed by atoms with Crippen molar-refractivity contribution in [2.24, 2.45) is 0 Å². The molecule has 2 nitrogen and oxygen atoms in total. The van der Waals surface area contributed by atoms with Gasteiger partial charge in [-0.15, -0.1) is 0 Å². The van der Waals surface area contributed by atoms with Gasteiger partial charge in [0, 0.05) is 24.4 Å². The summed E-state index contributed by atoms with van der Waals surface area (Å²) in [6.07, 6.45) is 0.202. The smallest absolute Gasteiger partial charge is 0.0715 e. The van der Waals surface area contributed by atoms with Crippen molar-refractivity contribution in [3.63, 3.8) is 0 Å². The Labute approximate surface area is 90.2 Å². The fraction of sp³-hybridized carbons (Fsp3) is 0.455. The number of rotatable bonds is 4. The van der Waals surface area contributed by atoms with Gasteiger partial charge in [-0.3, -0.25) is 0 Å². The quantitative estimate of drug-likeness (QED) is 0.830. The molecule has 0 aliphatic heterocycles. The highest BCUT2D eigenvalue weighted by atomic mass is 35.5. The Hall–Kier alpha value is -0.730. The van der Waals surface area contributed by atoms with Gasteiger partial charge in [0.25, 0.3) is 0 Å². The van der Waals surface area contributed by atoms with E-state index in [0.717, 1.165) is 22.8 Å². The summed E-state index contributed by atoms with van der Waals surface area (Å²) in [7, 11) is 1.71. The van der Waals surface area contributed by atoms with E-state index in [4.69, 9.17) is 16.3 Å². The fourth-order valence-electron chi connectivity index (χ4n) is 1.14. The van der Waals surface area contributed by atoms with Gasteiger partial charge in [0.15, 0.2) is 0 Å². The third kappa shape index (κ3) is 2.89. The highest BCUT2D eigenvalue weighted by Gasteiger charge is 2.03. The summed E-state index contributed by atoms with van der Waals surface area (Å²) in [4.78, 5) is 0. The van der Waals surface area contributed by atoms with Gasteiger partial charge >= 0.3 is 0 Å². The Morgan fingerprint density at radius 3 is 2.86 bits per heavy atom. The van der Waals surface area contributed by atoms with Gasteiger partial charge in [0.1, 0.15) is 0 Å². The molecule has 0 fully saturated rings. The third-order valence-electron chi connectivity index (χ3n) is 2.25. The van der Waals surface area contributed by atoms with E-state index in [1.165, 1.54) is 0 Å². The van der Waals surface area contributed by atoms with E-state index in [1.54, 1.807) is 7.11 Å². The number of benzene rings is 1. The topological polar surface area (TPSA) is 21.3 Å². The molecule has 1 aromatic carbocycles. The predicted molar refractivity (Wildman–Crippen MR) is 61.1 cm³/mol. The first kappa shape index (κ1) is 11.3. The lowest BCUT2D eigenvalue weighted by Crippen LogP contribution is -2.18. The minimum absolute atomic E-state index is 0.202. The molecule has 0 aliphatic carbocycles. The normalized spacial score (nSPS) is 12.6. The number of halogens is 1. The van der Waals surface area contributed by atoms with Gasteiger partial charge < -0.3 is 10.1 Å². The zero-order valence-electron chi connectivity index (χ0n) is 8.80. The Balaban J connectivity index is 2.63. The molecular weight excluding hydrogens is 198 g/mol. The first-order chi connectivity index (χ1) is 6.65. The van der Waals surface area contributed by atoms with E-state index < -0.39 is 0 Å². The molecule has 0 amide bonds. The molecule has 0 aliphatic rings. The van der Waals surface area contributed by atoms with Crippen LogP contribution in [0.1, 0.15) is 12.5 Å². The van der Waals surface area contributed by atoms with E-state index in [2.05, 4.69) is 5.32 Å². The predicted octanol–water partition coefficient (Wildman–Crippen LogP) is 3.10. The van der Waals surface area contributed by atoms with Crippen LogP contribution in [0.3, 0.4) is 0 Å². The van der Waals surface area contributed by atoms with Gasteiger partial charge in [0.2, 0.25) is 0 Å². The largest absolute Gasteiger partial charge is 0.382 e. The highest BCUT2D eigenvalue weighted by Crippen LogP contribution is 2.22. The lowest BCUT2D eigenvalue weighted by Gasteiger charge is -2.14. The molecule has 0 saturated heterocycles. The van der Waals surface area contributed by atoms with Crippen LogP contribution in [0.5, 0.6) is 0 Å². The van der Waals surface area contributed by atoms with Crippen molar-refractivity contribution in [3.05, 3.63) is 28.8 Å². The maximum atomic E-state index is 5.99. The molecule has 1 N–H and O–H groups in total. The molecule has 0 radical (unpaired) electrons. The average Bonchev–Trinajstić information content (AvgIpc) is 2.20. The number of hydrogen-bond acceptors (Lipinski definition) is 2. The van der Waals surface area contributed by atoms with E-state index in [9.17, 15) is 0 Å². The van der Waals surface area contributed by atoms with E-state index in [-0.39, 0.29) is 6.10 Å². The van der Waals surface area contributed by atoms with Gasteiger partial charge in [0.05, 0.1) is 6.10 Å². The summed E-state index contributed by atoms with van der Waals surface area (Å²) in [5.41, 5.74) is 2.15. The summed E-state index contributed by atoms with van der Waals surface area (Å²) < 4.78 is 5.15. The van der Waals surface area contributed by atoms with Crippen molar-refractivity contribution in [2.75, 3.05) is 19.0 Å². The molecule has 3 heteroatoms. The Morgan fingerprint density at radius 1 is 1.50 bits per heavy atom. The molecule has 0 aromatic heterocycles. The second kappa shape index (κ2) is 5.23. The lowest BCUT2D eigenvalue weighted by molar-refractivity contribution is 0.129. The van der Waals surface area contributed by atoms with Crippen LogP contribution in [0.15, 0.2) is 18.2 Å².